The van der Waals surface area contributed by atoms with Crippen molar-refractivity contribution < 1.29 is 24.0 Å². The second kappa shape index (κ2) is 7.49. The van der Waals surface area contributed by atoms with Crippen LogP contribution in [0.25, 0.3) is 0 Å². The molecule has 1 heterocycles. The van der Waals surface area contributed by atoms with Crippen molar-refractivity contribution in [3.05, 3.63) is 40.0 Å². The van der Waals surface area contributed by atoms with Crippen molar-refractivity contribution in [2.45, 2.75) is 12.5 Å². The predicted octanol–water partition coefficient (Wildman–Crippen LogP) is 1.58. The average Bonchev–Trinajstić information content (AvgIpc) is 2.99. The lowest BCUT2D eigenvalue weighted by atomic mass is 10.1. The average molecular weight is 344 g/mol. The minimum absolute atomic E-state index is 0.0569. The highest BCUT2D eigenvalue weighted by Gasteiger charge is 2.35. The number of nitro groups is 1. The predicted molar refractivity (Wildman–Crippen MR) is 88.6 cm³/mol. The minimum atomic E-state index is -0.698. The van der Waals surface area contributed by atoms with Crippen LogP contribution in [-0.4, -0.2) is 48.3 Å². The molecule has 0 aliphatic carbocycles. The quantitative estimate of drug-likeness (QED) is 0.255. The number of carbonyl (C=O) groups is 2. The molecule has 0 unspecified atom stereocenters. The summed E-state index contributed by atoms with van der Waals surface area (Å²) >= 11 is 0. The van der Waals surface area contributed by atoms with Crippen LogP contribution in [0.2, 0.25) is 0 Å². The summed E-state index contributed by atoms with van der Waals surface area (Å²) in [5.41, 5.74) is 0.0467. The van der Waals surface area contributed by atoms with Gasteiger partial charge in [-0.15, -0.1) is 6.42 Å². The van der Waals surface area contributed by atoms with E-state index in [9.17, 15) is 19.7 Å². The maximum absolute atomic E-state index is 12.8. The van der Waals surface area contributed by atoms with Crippen LogP contribution < -0.4 is 9.47 Å². The van der Waals surface area contributed by atoms with Gasteiger partial charge in [0.1, 0.15) is 18.5 Å². The van der Waals surface area contributed by atoms with E-state index in [-0.39, 0.29) is 30.2 Å². The summed E-state index contributed by atoms with van der Waals surface area (Å²) in [6.45, 7) is 3.82. The van der Waals surface area contributed by atoms with Gasteiger partial charge in [-0.1, -0.05) is 18.1 Å². The molecule has 0 bridgehead atoms. The summed E-state index contributed by atoms with van der Waals surface area (Å²) in [5, 5.41) is 11.4. The molecule has 0 radical (unpaired) electrons. The van der Waals surface area contributed by atoms with Crippen molar-refractivity contribution in [2.24, 2.45) is 0 Å². The summed E-state index contributed by atoms with van der Waals surface area (Å²) in [5.74, 6) is 1.78. The van der Waals surface area contributed by atoms with E-state index in [1.165, 1.54) is 18.1 Å². The molecule has 1 amide bonds. The lowest BCUT2D eigenvalue weighted by Crippen LogP contribution is -2.36. The largest absolute Gasteiger partial charge is 0.493 e. The molecule has 1 saturated heterocycles. The van der Waals surface area contributed by atoms with Crippen molar-refractivity contribution in [3.63, 3.8) is 0 Å². The molecule has 0 saturated carbocycles. The third kappa shape index (κ3) is 3.61. The van der Waals surface area contributed by atoms with Gasteiger partial charge in [0.2, 0.25) is 0 Å². The van der Waals surface area contributed by atoms with Gasteiger partial charge in [0.25, 0.3) is 11.6 Å². The Hall–Kier alpha value is -3.34. The number of benzene rings is 1. The third-order valence-electron chi connectivity index (χ3n) is 3.73. The van der Waals surface area contributed by atoms with Crippen molar-refractivity contribution in [2.75, 3.05) is 20.3 Å². The van der Waals surface area contributed by atoms with Crippen LogP contribution in [0.3, 0.4) is 0 Å². The van der Waals surface area contributed by atoms with Crippen molar-refractivity contribution in [1.82, 2.24) is 4.90 Å². The van der Waals surface area contributed by atoms with Gasteiger partial charge in [-0.05, 0) is 6.42 Å². The first-order valence-electron chi connectivity index (χ1n) is 7.28. The van der Waals surface area contributed by atoms with Crippen molar-refractivity contribution >= 4 is 17.9 Å². The minimum Gasteiger partial charge on any atom is -0.493 e. The number of methoxy groups -OCH3 is 1. The smallest absolute Gasteiger partial charge is 0.286 e. The highest BCUT2D eigenvalue weighted by molar-refractivity contribution is 6.00. The molecule has 8 nitrogen and oxygen atoms in total. The van der Waals surface area contributed by atoms with Crippen LogP contribution in [0, 0.1) is 22.5 Å². The van der Waals surface area contributed by atoms with Gasteiger partial charge in [-0.25, -0.2) is 0 Å². The fourth-order valence-corrected chi connectivity index (χ4v) is 2.59. The molecule has 1 atom stereocenters. The highest BCUT2D eigenvalue weighted by Crippen LogP contribution is 2.36. The number of carbonyl (C=O) groups excluding carboxylic acids is 2. The highest BCUT2D eigenvalue weighted by atomic mass is 16.6. The Morgan fingerprint density at radius 2 is 2.28 bits per heavy atom. The molecule has 130 valence electrons. The van der Waals surface area contributed by atoms with Gasteiger partial charge in [0, 0.05) is 12.6 Å². The fourth-order valence-electron chi connectivity index (χ4n) is 2.59. The second-order valence-electron chi connectivity index (χ2n) is 5.36. The number of hydrogen-bond acceptors (Lipinski definition) is 6. The Morgan fingerprint density at radius 1 is 1.56 bits per heavy atom. The fraction of sp³-hybridized carbons (Fsp3) is 0.294. The Bertz CT molecular complexity index is 780. The van der Waals surface area contributed by atoms with E-state index in [1.807, 2.05) is 0 Å². The van der Waals surface area contributed by atoms with Gasteiger partial charge in [0.05, 0.1) is 24.1 Å². The van der Waals surface area contributed by atoms with E-state index in [0.29, 0.717) is 18.3 Å². The molecule has 1 aliphatic rings. The normalized spacial score (nSPS) is 16.2. The third-order valence-corrected chi connectivity index (χ3v) is 3.73. The van der Waals surface area contributed by atoms with E-state index in [0.717, 1.165) is 6.07 Å². The first kappa shape index (κ1) is 18.0. The number of rotatable bonds is 6. The molecule has 0 N–H and O–H groups in total. The van der Waals surface area contributed by atoms with E-state index in [2.05, 4.69) is 12.5 Å². The van der Waals surface area contributed by atoms with Crippen LogP contribution >= 0.6 is 0 Å². The Balaban J connectivity index is 2.50. The number of likely N-dealkylation sites (tertiary alicyclic amines) is 1. The first-order valence-corrected chi connectivity index (χ1v) is 7.28. The van der Waals surface area contributed by atoms with E-state index in [4.69, 9.17) is 15.9 Å². The van der Waals surface area contributed by atoms with Crippen molar-refractivity contribution in [1.29, 1.82) is 0 Å². The number of terminal acetylenes is 1. The number of ether oxygens (including phenoxy) is 2. The zero-order valence-corrected chi connectivity index (χ0v) is 13.6. The van der Waals surface area contributed by atoms with Crippen LogP contribution in [0.1, 0.15) is 16.8 Å². The molecule has 1 aromatic carbocycles. The summed E-state index contributed by atoms with van der Waals surface area (Å²) in [7, 11) is 1.34. The van der Waals surface area contributed by atoms with Gasteiger partial charge in [0.15, 0.2) is 11.5 Å². The molecule has 25 heavy (non-hydrogen) atoms. The van der Waals surface area contributed by atoms with Crippen molar-refractivity contribution in [3.8, 4) is 23.8 Å². The number of amides is 1. The van der Waals surface area contributed by atoms with Crippen LogP contribution in [0.5, 0.6) is 11.5 Å². The molecule has 8 heteroatoms. The summed E-state index contributed by atoms with van der Waals surface area (Å²) in [4.78, 5) is 35.9. The topological polar surface area (TPSA) is 99.0 Å². The second-order valence-corrected chi connectivity index (χ2v) is 5.36. The van der Waals surface area contributed by atoms with E-state index < -0.39 is 22.6 Å². The molecular weight excluding hydrogens is 328 g/mol. The Labute approximate surface area is 144 Å². The SMILES string of the molecule is C#CCOc1cc([N+](=O)[O-])c(C(=O)N2CC(=C)C[C@H]2C=O)cc1OC. The maximum Gasteiger partial charge on any atom is 0.286 e. The molecule has 0 spiro atoms. The number of aldehydes is 1. The molecule has 1 fully saturated rings. The molecule has 0 aromatic heterocycles. The monoisotopic (exact) mass is 344 g/mol. The molecule has 1 aliphatic heterocycles. The Morgan fingerprint density at radius 3 is 2.84 bits per heavy atom. The zero-order valence-electron chi connectivity index (χ0n) is 13.6. The van der Waals surface area contributed by atoms with Gasteiger partial charge >= 0.3 is 0 Å². The molecular formula is C17H16N2O6. The van der Waals surface area contributed by atoms with Crippen LogP contribution in [0.4, 0.5) is 5.69 Å². The standard InChI is InChI=1S/C17H16N2O6/c1-4-5-25-16-8-14(19(22)23)13(7-15(16)24-3)17(21)18-9-11(2)6-12(18)10-20/h1,7-8,10,12H,2,5-6,9H2,3H3/t12-/m0/s1. The number of nitrogens with zero attached hydrogens (tertiary/aromatic N) is 2. The number of nitro benzene ring substituents is 1. The lowest BCUT2D eigenvalue weighted by Gasteiger charge is -2.20. The summed E-state index contributed by atoms with van der Waals surface area (Å²) < 4.78 is 10.4. The summed E-state index contributed by atoms with van der Waals surface area (Å²) in [6, 6.07) is 1.61. The van der Waals surface area contributed by atoms with Gasteiger partial charge in [-0.2, -0.15) is 0 Å². The first-order chi connectivity index (χ1) is 11.9. The Kier molecular flexibility index (Phi) is 5.39. The maximum atomic E-state index is 12.8. The van der Waals surface area contributed by atoms with Crippen LogP contribution in [-0.2, 0) is 4.79 Å². The molecule has 2 rings (SSSR count). The van der Waals surface area contributed by atoms with E-state index >= 15 is 0 Å². The summed E-state index contributed by atoms with van der Waals surface area (Å²) in [6.07, 6.45) is 6.08. The lowest BCUT2D eigenvalue weighted by molar-refractivity contribution is -0.385. The number of hydrogen-bond donors (Lipinski definition) is 0. The molecule has 1 aromatic rings. The van der Waals surface area contributed by atoms with E-state index in [1.54, 1.807) is 0 Å². The van der Waals surface area contributed by atoms with Gasteiger partial charge in [-0.3, -0.25) is 14.9 Å². The van der Waals surface area contributed by atoms with Gasteiger partial charge < -0.3 is 19.2 Å². The zero-order chi connectivity index (χ0) is 18.6. The van der Waals surface area contributed by atoms with Crippen LogP contribution in [0.15, 0.2) is 24.3 Å².